The summed E-state index contributed by atoms with van der Waals surface area (Å²) in [7, 11) is 0. The summed E-state index contributed by atoms with van der Waals surface area (Å²) >= 11 is 0. The standard InChI is InChI=1S/C25H30FN3O2/c1-16(2)31-23-14-8-20(9-15-23)7-6-17(3)27-25(30)24-18(4)28-29(19(24)5)22-12-10-21(26)11-13-22/h8-17H,6-7H2,1-5H3,(H,27,30). The number of aromatic nitrogens is 2. The van der Waals surface area contributed by atoms with Gasteiger partial charge in [0.05, 0.1) is 28.7 Å². The number of hydrogen-bond donors (Lipinski definition) is 1. The number of carbonyl (C=O) groups is 1. The lowest BCUT2D eigenvalue weighted by molar-refractivity contribution is 0.0937. The fourth-order valence-corrected chi connectivity index (χ4v) is 3.56. The van der Waals surface area contributed by atoms with Crippen molar-refractivity contribution in [1.82, 2.24) is 15.1 Å². The first-order valence-electron chi connectivity index (χ1n) is 10.6. The van der Waals surface area contributed by atoms with Crippen molar-refractivity contribution in [2.24, 2.45) is 0 Å². The van der Waals surface area contributed by atoms with Crippen LogP contribution in [-0.2, 0) is 6.42 Å². The van der Waals surface area contributed by atoms with Crippen molar-refractivity contribution in [3.8, 4) is 11.4 Å². The van der Waals surface area contributed by atoms with Crippen LogP contribution in [0.1, 0.15) is 54.5 Å². The van der Waals surface area contributed by atoms with E-state index in [2.05, 4.69) is 22.5 Å². The van der Waals surface area contributed by atoms with Crippen molar-refractivity contribution in [3.05, 3.63) is 76.9 Å². The van der Waals surface area contributed by atoms with Crippen molar-refractivity contribution in [3.63, 3.8) is 0 Å². The van der Waals surface area contributed by atoms with Crippen molar-refractivity contribution in [2.75, 3.05) is 0 Å². The monoisotopic (exact) mass is 423 g/mol. The highest BCUT2D eigenvalue weighted by atomic mass is 19.1. The maximum absolute atomic E-state index is 13.2. The zero-order chi connectivity index (χ0) is 22.5. The van der Waals surface area contributed by atoms with E-state index in [-0.39, 0.29) is 23.9 Å². The summed E-state index contributed by atoms with van der Waals surface area (Å²) in [6.45, 7) is 9.68. The zero-order valence-corrected chi connectivity index (χ0v) is 18.8. The van der Waals surface area contributed by atoms with Crippen LogP contribution in [-0.4, -0.2) is 27.8 Å². The first-order valence-corrected chi connectivity index (χ1v) is 10.6. The van der Waals surface area contributed by atoms with Crippen LogP contribution in [0.5, 0.6) is 5.75 Å². The summed E-state index contributed by atoms with van der Waals surface area (Å²) in [6.07, 6.45) is 1.83. The number of halogens is 1. The average Bonchev–Trinajstić information content (AvgIpc) is 3.01. The van der Waals surface area contributed by atoms with E-state index in [0.717, 1.165) is 30.0 Å². The van der Waals surface area contributed by atoms with Gasteiger partial charge >= 0.3 is 0 Å². The van der Waals surface area contributed by atoms with Crippen LogP contribution in [0, 0.1) is 19.7 Å². The molecule has 31 heavy (non-hydrogen) atoms. The number of amides is 1. The van der Waals surface area contributed by atoms with Crippen LogP contribution < -0.4 is 10.1 Å². The summed E-state index contributed by atoms with van der Waals surface area (Å²) in [5.74, 6) is 0.417. The maximum Gasteiger partial charge on any atom is 0.255 e. The fourth-order valence-electron chi connectivity index (χ4n) is 3.56. The predicted molar refractivity (Wildman–Crippen MR) is 120 cm³/mol. The smallest absolute Gasteiger partial charge is 0.255 e. The quantitative estimate of drug-likeness (QED) is 0.544. The lowest BCUT2D eigenvalue weighted by Crippen LogP contribution is -2.33. The van der Waals surface area contributed by atoms with Gasteiger partial charge in [0.2, 0.25) is 0 Å². The van der Waals surface area contributed by atoms with Crippen LogP contribution in [0.25, 0.3) is 5.69 Å². The van der Waals surface area contributed by atoms with Crippen LogP contribution in [0.4, 0.5) is 4.39 Å². The van der Waals surface area contributed by atoms with E-state index in [4.69, 9.17) is 4.74 Å². The molecule has 0 aliphatic heterocycles. The molecule has 0 saturated carbocycles. The molecule has 3 aromatic rings. The van der Waals surface area contributed by atoms with Crippen LogP contribution >= 0.6 is 0 Å². The van der Waals surface area contributed by atoms with Crippen molar-refractivity contribution < 1.29 is 13.9 Å². The van der Waals surface area contributed by atoms with Gasteiger partial charge in [-0.2, -0.15) is 5.10 Å². The lowest BCUT2D eigenvalue weighted by atomic mass is 10.1. The SMILES string of the molecule is Cc1nn(-c2ccc(F)cc2)c(C)c1C(=O)NC(C)CCc1ccc(OC(C)C)cc1. The minimum absolute atomic E-state index is 0.00654. The molecule has 1 heterocycles. The Morgan fingerprint density at radius 2 is 1.71 bits per heavy atom. The Bertz CT molecular complexity index is 1020. The number of ether oxygens (including phenoxy) is 1. The highest BCUT2D eigenvalue weighted by Crippen LogP contribution is 2.19. The summed E-state index contributed by atoms with van der Waals surface area (Å²) < 4.78 is 20.6. The molecular formula is C25H30FN3O2. The first kappa shape index (κ1) is 22.5. The molecule has 1 amide bonds. The zero-order valence-electron chi connectivity index (χ0n) is 18.8. The summed E-state index contributed by atoms with van der Waals surface area (Å²) in [5, 5.41) is 7.56. The maximum atomic E-state index is 13.2. The summed E-state index contributed by atoms with van der Waals surface area (Å²) in [6, 6.07) is 14.2. The second-order valence-electron chi connectivity index (χ2n) is 8.16. The van der Waals surface area contributed by atoms with E-state index in [1.54, 1.807) is 16.8 Å². The normalized spacial score (nSPS) is 12.1. The summed E-state index contributed by atoms with van der Waals surface area (Å²) in [4.78, 5) is 12.9. The minimum Gasteiger partial charge on any atom is -0.491 e. The number of rotatable bonds is 8. The van der Waals surface area contributed by atoms with Crippen LogP contribution in [0.3, 0.4) is 0 Å². The van der Waals surface area contributed by atoms with E-state index in [9.17, 15) is 9.18 Å². The van der Waals surface area contributed by atoms with Gasteiger partial charge < -0.3 is 10.1 Å². The molecule has 0 aliphatic carbocycles. The number of benzene rings is 2. The molecule has 6 heteroatoms. The largest absolute Gasteiger partial charge is 0.491 e. The van der Waals surface area contributed by atoms with Gasteiger partial charge in [-0.15, -0.1) is 0 Å². The van der Waals surface area contributed by atoms with Gasteiger partial charge in [-0.05, 0) is 89.4 Å². The Labute approximate surface area is 183 Å². The van der Waals surface area contributed by atoms with Gasteiger partial charge in [0, 0.05) is 6.04 Å². The molecule has 5 nitrogen and oxygen atoms in total. The van der Waals surface area contributed by atoms with Gasteiger partial charge in [-0.1, -0.05) is 12.1 Å². The van der Waals surface area contributed by atoms with Crippen LogP contribution in [0.2, 0.25) is 0 Å². The molecule has 0 bridgehead atoms. The van der Waals surface area contributed by atoms with E-state index < -0.39 is 0 Å². The molecule has 0 aliphatic rings. The van der Waals surface area contributed by atoms with Crippen LogP contribution in [0.15, 0.2) is 48.5 Å². The molecule has 1 aromatic heterocycles. The van der Waals surface area contributed by atoms with E-state index >= 15 is 0 Å². The van der Waals surface area contributed by atoms with E-state index in [1.165, 1.54) is 17.7 Å². The Balaban J connectivity index is 1.61. The molecule has 1 N–H and O–H groups in total. The van der Waals surface area contributed by atoms with Gasteiger partial charge in [-0.3, -0.25) is 4.79 Å². The number of aryl methyl sites for hydroxylation is 2. The molecule has 3 rings (SSSR count). The van der Waals surface area contributed by atoms with Crippen molar-refractivity contribution >= 4 is 5.91 Å². The second kappa shape index (κ2) is 9.77. The number of carbonyl (C=O) groups excluding carboxylic acids is 1. The molecule has 164 valence electrons. The topological polar surface area (TPSA) is 56.2 Å². The molecule has 2 aromatic carbocycles. The molecule has 0 saturated heterocycles. The molecule has 1 unspecified atom stereocenters. The molecular weight excluding hydrogens is 393 g/mol. The Kier molecular flexibility index (Phi) is 7.10. The summed E-state index contributed by atoms with van der Waals surface area (Å²) in [5.41, 5.74) is 3.86. The third-order valence-corrected chi connectivity index (χ3v) is 5.13. The highest BCUT2D eigenvalue weighted by molar-refractivity contribution is 5.96. The predicted octanol–water partition coefficient (Wildman–Crippen LogP) is 5.17. The number of nitrogens with zero attached hydrogens (tertiary/aromatic N) is 2. The lowest BCUT2D eigenvalue weighted by Gasteiger charge is -2.15. The van der Waals surface area contributed by atoms with Crippen molar-refractivity contribution in [1.29, 1.82) is 0 Å². The highest BCUT2D eigenvalue weighted by Gasteiger charge is 2.20. The third kappa shape index (κ3) is 5.72. The molecule has 0 spiro atoms. The Hall–Kier alpha value is -3.15. The van der Waals surface area contributed by atoms with E-state index in [0.29, 0.717) is 11.3 Å². The minimum atomic E-state index is -0.306. The Morgan fingerprint density at radius 3 is 2.32 bits per heavy atom. The Morgan fingerprint density at radius 1 is 1.06 bits per heavy atom. The van der Waals surface area contributed by atoms with Gasteiger partial charge in [0.25, 0.3) is 5.91 Å². The number of nitrogens with one attached hydrogen (secondary N) is 1. The number of hydrogen-bond acceptors (Lipinski definition) is 3. The molecule has 0 radical (unpaired) electrons. The molecule has 0 fully saturated rings. The third-order valence-electron chi connectivity index (χ3n) is 5.13. The van der Waals surface area contributed by atoms with Gasteiger partial charge in [0.15, 0.2) is 0 Å². The molecule has 1 atom stereocenters. The average molecular weight is 424 g/mol. The first-order chi connectivity index (χ1) is 14.7. The second-order valence-corrected chi connectivity index (χ2v) is 8.16. The fraction of sp³-hybridized carbons (Fsp3) is 0.360. The van der Waals surface area contributed by atoms with Gasteiger partial charge in [-0.25, -0.2) is 9.07 Å². The van der Waals surface area contributed by atoms with Gasteiger partial charge in [0.1, 0.15) is 11.6 Å². The van der Waals surface area contributed by atoms with E-state index in [1.807, 2.05) is 46.8 Å². The van der Waals surface area contributed by atoms with Crippen molar-refractivity contribution in [2.45, 2.75) is 59.6 Å².